The third-order valence-corrected chi connectivity index (χ3v) is 4.28. The number of anilines is 1. The molecule has 0 radical (unpaired) electrons. The van der Waals surface area contributed by atoms with E-state index in [1.54, 1.807) is 12.1 Å². The molecule has 1 fully saturated rings. The van der Waals surface area contributed by atoms with Crippen molar-refractivity contribution < 1.29 is 4.39 Å². The number of nitrogens with zero attached hydrogens (tertiary/aromatic N) is 4. The fraction of sp³-hybridized carbons (Fsp3) is 0.421. The molecule has 2 aromatic rings. The lowest BCUT2D eigenvalue weighted by molar-refractivity contribution is 0.627. The second-order valence-electron chi connectivity index (χ2n) is 6.49. The lowest BCUT2D eigenvalue weighted by atomic mass is 10.1. The zero-order valence-corrected chi connectivity index (χ0v) is 18.1. The molecule has 0 unspecified atom stereocenters. The van der Waals surface area contributed by atoms with E-state index in [9.17, 15) is 9.65 Å². The Hall–Kier alpha value is -2.35. The summed E-state index contributed by atoms with van der Waals surface area (Å²) in [7, 11) is 0. The number of guanidine groups is 1. The first-order chi connectivity index (χ1) is 13.1. The number of rotatable bonds is 7. The second kappa shape index (κ2) is 10.3. The van der Waals surface area contributed by atoms with Crippen molar-refractivity contribution in [2.75, 3.05) is 18.8 Å². The molecule has 1 saturated carbocycles. The molecule has 0 aliphatic heterocycles. The quantitative estimate of drug-likeness (QED) is 0.236. The zero-order valence-electron chi connectivity index (χ0n) is 15.8. The van der Waals surface area contributed by atoms with Crippen molar-refractivity contribution in [3.05, 3.63) is 41.3 Å². The Labute approximate surface area is 181 Å². The maximum atomic E-state index is 13.1. The van der Waals surface area contributed by atoms with Gasteiger partial charge in [0.05, 0.1) is 11.4 Å². The molecule has 1 aliphatic rings. The molecule has 0 atom stereocenters. The maximum absolute atomic E-state index is 13.1. The number of nitrogens with two attached hydrogens (primary N) is 1. The average Bonchev–Trinajstić information content (AvgIpc) is 3.42. The van der Waals surface area contributed by atoms with E-state index in [1.165, 1.54) is 29.7 Å². The summed E-state index contributed by atoms with van der Waals surface area (Å²) in [5.41, 5.74) is 7.70. The highest BCUT2D eigenvalue weighted by Crippen LogP contribution is 2.22. The van der Waals surface area contributed by atoms with Gasteiger partial charge in [0.25, 0.3) is 0 Å². The number of benzene rings is 1. The van der Waals surface area contributed by atoms with Gasteiger partial charge in [0, 0.05) is 19.1 Å². The molecule has 0 amide bonds. The van der Waals surface area contributed by atoms with Gasteiger partial charge in [-0.25, -0.2) is 9.07 Å². The van der Waals surface area contributed by atoms with Crippen molar-refractivity contribution in [2.24, 2.45) is 4.99 Å². The van der Waals surface area contributed by atoms with Gasteiger partial charge in [-0.3, -0.25) is 4.99 Å². The summed E-state index contributed by atoms with van der Waals surface area (Å²) in [6.45, 7) is 3.47. The van der Waals surface area contributed by atoms with Crippen LogP contribution in [-0.2, 0) is 6.42 Å². The number of aliphatic imine (C=N–C) groups is 1. The van der Waals surface area contributed by atoms with Crippen LogP contribution in [0.5, 0.6) is 0 Å². The molecule has 0 bridgehead atoms. The topological polar surface area (TPSA) is 104 Å². The van der Waals surface area contributed by atoms with Gasteiger partial charge in [0.1, 0.15) is 23.3 Å². The van der Waals surface area contributed by atoms with E-state index < -0.39 is 0 Å². The van der Waals surface area contributed by atoms with Gasteiger partial charge in [-0.15, -0.1) is 24.0 Å². The molecule has 9 heteroatoms. The predicted molar refractivity (Wildman–Crippen MR) is 119 cm³/mol. The summed E-state index contributed by atoms with van der Waals surface area (Å²) in [5, 5.41) is 20.5. The predicted octanol–water partition coefficient (Wildman–Crippen LogP) is 2.73. The Morgan fingerprint density at radius 2 is 2.11 bits per heavy atom. The first-order valence-electron chi connectivity index (χ1n) is 9.20. The number of halogens is 2. The van der Waals surface area contributed by atoms with Crippen LogP contribution in [0, 0.1) is 17.1 Å². The van der Waals surface area contributed by atoms with Crippen LogP contribution >= 0.6 is 24.0 Å². The van der Waals surface area contributed by atoms with Crippen molar-refractivity contribution in [2.45, 2.75) is 38.6 Å². The first-order valence-corrected chi connectivity index (χ1v) is 9.20. The summed E-state index contributed by atoms with van der Waals surface area (Å²) in [6.07, 6.45) is 3.72. The Kier molecular flexibility index (Phi) is 8.04. The Bertz CT molecular complexity index is 850. The minimum Gasteiger partial charge on any atom is -0.382 e. The summed E-state index contributed by atoms with van der Waals surface area (Å²) in [5.74, 6) is 0.766. The van der Waals surface area contributed by atoms with Crippen molar-refractivity contribution >= 4 is 35.8 Å². The molecule has 0 spiro atoms. The second-order valence-corrected chi connectivity index (χ2v) is 6.49. The zero-order chi connectivity index (χ0) is 19.2. The molecule has 150 valence electrons. The van der Waals surface area contributed by atoms with Crippen LogP contribution < -0.4 is 16.4 Å². The van der Waals surface area contributed by atoms with E-state index >= 15 is 0 Å². The molecule has 1 aliphatic carbocycles. The van der Waals surface area contributed by atoms with Gasteiger partial charge in [0.2, 0.25) is 0 Å². The monoisotopic (exact) mass is 497 g/mol. The van der Waals surface area contributed by atoms with E-state index in [1.807, 2.05) is 6.92 Å². The van der Waals surface area contributed by atoms with Crippen LogP contribution in [0.15, 0.2) is 29.3 Å². The van der Waals surface area contributed by atoms with Gasteiger partial charge < -0.3 is 16.4 Å². The Morgan fingerprint density at radius 1 is 1.39 bits per heavy atom. The van der Waals surface area contributed by atoms with Gasteiger partial charge in [-0.05, 0) is 56.9 Å². The molecule has 28 heavy (non-hydrogen) atoms. The average molecular weight is 497 g/mol. The van der Waals surface area contributed by atoms with Crippen LogP contribution in [0.3, 0.4) is 0 Å². The molecular weight excluding hydrogens is 472 g/mol. The maximum Gasteiger partial charge on any atom is 0.191 e. The number of nitriles is 1. The number of nitrogen functional groups attached to an aromatic ring is 1. The SMILES string of the molecule is CCNC(=NCCCc1nn(-c2ccc(F)cc2)c(N)c1C#N)NC1CC1.I. The fourth-order valence-corrected chi connectivity index (χ4v) is 2.73. The van der Waals surface area contributed by atoms with Crippen LogP contribution in [0.2, 0.25) is 0 Å². The summed E-state index contributed by atoms with van der Waals surface area (Å²) in [6, 6.07) is 8.51. The number of aromatic nitrogens is 2. The van der Waals surface area contributed by atoms with Crippen LogP contribution in [0.4, 0.5) is 10.2 Å². The van der Waals surface area contributed by atoms with Crippen molar-refractivity contribution in [1.29, 1.82) is 5.26 Å². The summed E-state index contributed by atoms with van der Waals surface area (Å²) in [4.78, 5) is 4.57. The number of nitrogens with one attached hydrogen (secondary N) is 2. The largest absolute Gasteiger partial charge is 0.382 e. The molecule has 1 aromatic carbocycles. The van der Waals surface area contributed by atoms with E-state index in [-0.39, 0.29) is 35.6 Å². The van der Waals surface area contributed by atoms with E-state index in [0.29, 0.717) is 36.0 Å². The van der Waals surface area contributed by atoms with Crippen molar-refractivity contribution in [3.63, 3.8) is 0 Å². The molecule has 7 nitrogen and oxygen atoms in total. The lowest BCUT2D eigenvalue weighted by Gasteiger charge is -2.09. The third-order valence-electron chi connectivity index (χ3n) is 4.28. The van der Waals surface area contributed by atoms with Crippen molar-refractivity contribution in [3.8, 4) is 11.8 Å². The van der Waals surface area contributed by atoms with Gasteiger partial charge in [-0.2, -0.15) is 10.4 Å². The Balaban J connectivity index is 0.00000280. The normalized spacial score (nSPS) is 13.5. The molecule has 1 aromatic heterocycles. The molecule has 3 rings (SSSR count). The molecule has 4 N–H and O–H groups in total. The van der Waals surface area contributed by atoms with Crippen molar-refractivity contribution in [1.82, 2.24) is 20.4 Å². The van der Waals surface area contributed by atoms with Gasteiger partial charge in [-0.1, -0.05) is 0 Å². The van der Waals surface area contributed by atoms with E-state index in [2.05, 4.69) is 26.8 Å². The highest BCUT2D eigenvalue weighted by Gasteiger charge is 2.22. The van der Waals surface area contributed by atoms with Gasteiger partial charge >= 0.3 is 0 Å². The molecule has 1 heterocycles. The standard InChI is InChI=1S/C19H24FN7.HI/c1-2-23-19(25-14-7-8-14)24-11-3-4-17-16(12-21)18(22)27(26-17)15-9-5-13(20)6-10-15;/h5-6,9-10,14H,2-4,7-8,11,22H2,1H3,(H2,23,24,25);1H. The molecule has 0 saturated heterocycles. The van der Waals surface area contributed by atoms with Crippen LogP contribution in [0.1, 0.15) is 37.4 Å². The van der Waals surface area contributed by atoms with Gasteiger partial charge in [0.15, 0.2) is 5.96 Å². The van der Waals surface area contributed by atoms with E-state index in [4.69, 9.17) is 5.73 Å². The van der Waals surface area contributed by atoms with Crippen LogP contribution in [-0.4, -0.2) is 34.9 Å². The first kappa shape index (κ1) is 21.9. The smallest absolute Gasteiger partial charge is 0.191 e. The minimum atomic E-state index is -0.334. The number of hydrogen-bond donors (Lipinski definition) is 3. The number of hydrogen-bond acceptors (Lipinski definition) is 4. The molecular formula is C19H25FIN7. The number of aryl methyl sites for hydroxylation is 1. The fourth-order valence-electron chi connectivity index (χ4n) is 2.73. The van der Waals surface area contributed by atoms with E-state index in [0.717, 1.165) is 18.9 Å². The minimum absolute atomic E-state index is 0. The lowest BCUT2D eigenvalue weighted by Crippen LogP contribution is -2.38. The highest BCUT2D eigenvalue weighted by atomic mass is 127. The third kappa shape index (κ3) is 5.58. The van der Waals surface area contributed by atoms with Crippen LogP contribution in [0.25, 0.3) is 5.69 Å². The summed E-state index contributed by atoms with van der Waals surface area (Å²) < 4.78 is 14.6. The highest BCUT2D eigenvalue weighted by molar-refractivity contribution is 14.0. The Morgan fingerprint density at radius 3 is 2.71 bits per heavy atom. The summed E-state index contributed by atoms with van der Waals surface area (Å²) >= 11 is 0.